The van der Waals surface area contributed by atoms with Crippen LogP contribution in [-0.2, 0) is 14.3 Å². The molecule has 2 aliphatic rings. The van der Waals surface area contributed by atoms with Crippen LogP contribution in [0.4, 0.5) is 5.69 Å². The Labute approximate surface area is 156 Å². The van der Waals surface area contributed by atoms with Crippen LogP contribution in [0.25, 0.3) is 0 Å². The normalized spacial score (nSPS) is 19.4. The molecule has 2 heterocycles. The van der Waals surface area contributed by atoms with Crippen LogP contribution >= 0.6 is 11.6 Å². The molecule has 0 bridgehead atoms. The summed E-state index contributed by atoms with van der Waals surface area (Å²) >= 11 is 6.21. The van der Waals surface area contributed by atoms with Crippen molar-refractivity contribution in [3.8, 4) is 0 Å². The molecule has 0 aliphatic carbocycles. The van der Waals surface area contributed by atoms with Gasteiger partial charge in [-0.25, -0.2) is 0 Å². The second kappa shape index (κ2) is 7.63. The van der Waals surface area contributed by atoms with E-state index in [9.17, 15) is 19.5 Å². The van der Waals surface area contributed by atoms with E-state index in [1.165, 1.54) is 0 Å². The molecule has 1 aromatic rings. The number of nitrogens with one attached hydrogen (secondary N) is 1. The van der Waals surface area contributed by atoms with E-state index in [0.29, 0.717) is 55.3 Å². The number of anilines is 1. The van der Waals surface area contributed by atoms with E-state index in [1.54, 1.807) is 23.1 Å². The summed E-state index contributed by atoms with van der Waals surface area (Å²) in [6.45, 7) is 1.38. The number of benzene rings is 1. The smallest absolute Gasteiger partial charge is 0.305 e. The van der Waals surface area contributed by atoms with E-state index in [0.717, 1.165) is 6.42 Å². The Morgan fingerprint density at radius 1 is 1.31 bits per heavy atom. The lowest BCUT2D eigenvalue weighted by atomic mass is 9.86. The molecule has 2 aliphatic heterocycles. The summed E-state index contributed by atoms with van der Waals surface area (Å²) in [6, 6.07) is 4.76. The van der Waals surface area contributed by atoms with Crippen LogP contribution in [0.3, 0.4) is 0 Å². The van der Waals surface area contributed by atoms with Crippen molar-refractivity contribution in [3.05, 3.63) is 28.8 Å². The van der Waals surface area contributed by atoms with Crippen LogP contribution in [0, 0.1) is 0 Å². The zero-order valence-electron chi connectivity index (χ0n) is 14.3. The molecule has 0 atom stereocenters. The number of nitrogens with zero attached hydrogens (tertiary/aromatic N) is 1. The molecule has 140 valence electrons. The number of carboxylic acids is 1. The molecule has 2 amide bonds. The Kier molecular flexibility index (Phi) is 5.48. The van der Waals surface area contributed by atoms with Crippen molar-refractivity contribution in [2.75, 3.05) is 24.7 Å². The van der Waals surface area contributed by atoms with Crippen molar-refractivity contribution >= 4 is 35.1 Å². The molecule has 0 aromatic heterocycles. The summed E-state index contributed by atoms with van der Waals surface area (Å²) in [5, 5.41) is 12.5. The van der Waals surface area contributed by atoms with Crippen LogP contribution in [-0.4, -0.2) is 48.2 Å². The van der Waals surface area contributed by atoms with Gasteiger partial charge < -0.3 is 20.1 Å². The number of carbonyl (C=O) groups excluding carboxylic acids is 2. The number of amides is 2. The average molecular weight is 381 g/mol. The zero-order valence-corrected chi connectivity index (χ0v) is 15.1. The molecular weight excluding hydrogens is 360 g/mol. The predicted octanol–water partition coefficient (Wildman–Crippen LogP) is 2.22. The highest BCUT2D eigenvalue weighted by atomic mass is 35.5. The first-order valence-electron chi connectivity index (χ1n) is 8.62. The van der Waals surface area contributed by atoms with E-state index >= 15 is 0 Å². The van der Waals surface area contributed by atoms with Gasteiger partial charge in [-0.1, -0.05) is 11.6 Å². The number of hydrogen-bond acceptors (Lipinski definition) is 4. The third-order valence-corrected chi connectivity index (χ3v) is 5.21. The van der Waals surface area contributed by atoms with Gasteiger partial charge in [0.2, 0.25) is 5.91 Å². The Hall–Kier alpha value is -2.12. The molecule has 0 saturated carbocycles. The second-order valence-corrected chi connectivity index (χ2v) is 7.14. The van der Waals surface area contributed by atoms with Crippen LogP contribution < -0.4 is 10.2 Å². The summed E-state index contributed by atoms with van der Waals surface area (Å²) in [5.41, 5.74) is 0.0335. The standard InChI is InChI=1S/C18H21ClN2O5/c19-13-4-3-12(10-14(13)21-7-1-2-15(21)22)17(25)20-18(11-16(23)24)5-8-26-9-6-18/h3-4,10H,1-2,5-9,11H2,(H,20,25)(H,23,24). The molecule has 0 spiro atoms. The van der Waals surface area contributed by atoms with Crippen LogP contribution in [0.15, 0.2) is 18.2 Å². The summed E-state index contributed by atoms with van der Waals surface area (Å²) < 4.78 is 5.30. The third-order valence-electron chi connectivity index (χ3n) is 4.89. The average Bonchev–Trinajstić information content (AvgIpc) is 3.01. The summed E-state index contributed by atoms with van der Waals surface area (Å²) in [7, 11) is 0. The van der Waals surface area contributed by atoms with Crippen molar-refractivity contribution in [1.82, 2.24) is 5.32 Å². The van der Waals surface area contributed by atoms with Crippen molar-refractivity contribution < 1.29 is 24.2 Å². The molecule has 0 radical (unpaired) electrons. The molecule has 26 heavy (non-hydrogen) atoms. The lowest BCUT2D eigenvalue weighted by Crippen LogP contribution is -2.53. The lowest BCUT2D eigenvalue weighted by molar-refractivity contribution is -0.139. The van der Waals surface area contributed by atoms with Crippen LogP contribution in [0.5, 0.6) is 0 Å². The molecule has 7 nitrogen and oxygen atoms in total. The zero-order chi connectivity index (χ0) is 18.7. The van der Waals surface area contributed by atoms with E-state index in [2.05, 4.69) is 5.32 Å². The van der Waals surface area contributed by atoms with Crippen molar-refractivity contribution in [1.29, 1.82) is 0 Å². The Morgan fingerprint density at radius 2 is 2.04 bits per heavy atom. The minimum Gasteiger partial charge on any atom is -0.481 e. The number of ether oxygens (including phenoxy) is 1. The SMILES string of the molecule is O=C(O)CC1(NC(=O)c2ccc(Cl)c(N3CCCC3=O)c2)CCOCC1. The van der Waals surface area contributed by atoms with E-state index in [4.69, 9.17) is 16.3 Å². The Morgan fingerprint density at radius 3 is 2.65 bits per heavy atom. The number of hydrogen-bond donors (Lipinski definition) is 2. The molecule has 1 aromatic carbocycles. The monoisotopic (exact) mass is 380 g/mol. The molecule has 3 rings (SSSR count). The first kappa shape index (κ1) is 18.7. The maximum Gasteiger partial charge on any atom is 0.305 e. The maximum absolute atomic E-state index is 12.8. The summed E-state index contributed by atoms with van der Waals surface area (Å²) in [6.07, 6.45) is 1.95. The fourth-order valence-electron chi connectivity index (χ4n) is 3.47. The van der Waals surface area contributed by atoms with Gasteiger partial charge in [-0.3, -0.25) is 14.4 Å². The Balaban J connectivity index is 1.82. The number of carbonyl (C=O) groups is 3. The van der Waals surface area contributed by atoms with Crippen LogP contribution in [0.2, 0.25) is 5.02 Å². The van der Waals surface area contributed by atoms with Gasteiger partial charge in [0.25, 0.3) is 5.91 Å². The molecule has 0 unspecified atom stereocenters. The quantitative estimate of drug-likeness (QED) is 0.816. The van der Waals surface area contributed by atoms with Crippen molar-refractivity contribution in [2.24, 2.45) is 0 Å². The van der Waals surface area contributed by atoms with Crippen LogP contribution in [0.1, 0.15) is 42.5 Å². The topological polar surface area (TPSA) is 95.9 Å². The highest BCUT2D eigenvalue weighted by Crippen LogP contribution is 2.31. The van der Waals surface area contributed by atoms with Gasteiger partial charge in [-0.2, -0.15) is 0 Å². The molecule has 2 saturated heterocycles. The van der Waals surface area contributed by atoms with Crippen molar-refractivity contribution in [3.63, 3.8) is 0 Å². The van der Waals surface area contributed by atoms with E-state index in [1.807, 2.05) is 0 Å². The second-order valence-electron chi connectivity index (χ2n) is 6.73. The molecular formula is C18H21ClN2O5. The first-order chi connectivity index (χ1) is 12.4. The molecule has 2 N–H and O–H groups in total. The van der Waals surface area contributed by atoms with Gasteiger partial charge in [-0.05, 0) is 37.5 Å². The fraction of sp³-hybridized carbons (Fsp3) is 0.500. The number of rotatable bonds is 5. The Bertz CT molecular complexity index is 730. The summed E-state index contributed by atoms with van der Waals surface area (Å²) in [4.78, 5) is 37.6. The number of halogens is 1. The van der Waals surface area contributed by atoms with E-state index < -0.39 is 11.5 Å². The van der Waals surface area contributed by atoms with Gasteiger partial charge in [0.15, 0.2) is 0 Å². The van der Waals surface area contributed by atoms with Crippen molar-refractivity contribution in [2.45, 2.75) is 37.6 Å². The molecule has 2 fully saturated rings. The van der Waals surface area contributed by atoms with Gasteiger partial charge in [-0.15, -0.1) is 0 Å². The minimum absolute atomic E-state index is 0.0174. The third kappa shape index (κ3) is 3.99. The number of aliphatic carboxylic acids is 1. The van der Waals surface area contributed by atoms with Gasteiger partial charge in [0.1, 0.15) is 0 Å². The largest absolute Gasteiger partial charge is 0.481 e. The summed E-state index contributed by atoms with van der Waals surface area (Å²) in [5.74, 6) is -1.36. The fourth-order valence-corrected chi connectivity index (χ4v) is 3.69. The van der Waals surface area contributed by atoms with Gasteiger partial charge in [0, 0.05) is 31.7 Å². The maximum atomic E-state index is 12.8. The highest BCUT2D eigenvalue weighted by Gasteiger charge is 2.37. The number of carboxylic acid groups (broad SMARTS) is 1. The lowest BCUT2D eigenvalue weighted by Gasteiger charge is -2.36. The highest BCUT2D eigenvalue weighted by molar-refractivity contribution is 6.34. The van der Waals surface area contributed by atoms with E-state index in [-0.39, 0.29) is 18.2 Å². The first-order valence-corrected chi connectivity index (χ1v) is 9.00. The minimum atomic E-state index is -0.966. The van der Waals surface area contributed by atoms with Gasteiger partial charge >= 0.3 is 5.97 Å². The van der Waals surface area contributed by atoms with Gasteiger partial charge in [0.05, 0.1) is 22.7 Å². The molecule has 8 heteroatoms. The predicted molar refractivity (Wildman–Crippen MR) is 95.5 cm³/mol.